The molecule has 0 aliphatic carbocycles. The number of rotatable bonds is 5. The largest absolute Gasteiger partial charge is 0.497 e. The Morgan fingerprint density at radius 3 is 2.52 bits per heavy atom. The molecule has 160 valence electrons. The first-order valence-corrected chi connectivity index (χ1v) is 10.3. The molecule has 1 aromatic rings. The van der Waals surface area contributed by atoms with Crippen molar-refractivity contribution in [1.29, 1.82) is 0 Å². The van der Waals surface area contributed by atoms with Crippen LogP contribution in [-0.2, 0) is 16.1 Å². The highest BCUT2D eigenvalue weighted by atomic mass is 16.6. The predicted octanol–water partition coefficient (Wildman–Crippen LogP) is 1.97. The molecule has 0 spiro atoms. The van der Waals surface area contributed by atoms with E-state index in [4.69, 9.17) is 14.2 Å². The molecule has 8 nitrogen and oxygen atoms in total. The van der Waals surface area contributed by atoms with Crippen LogP contribution in [0.1, 0.15) is 25.8 Å². The number of carbonyl (C=O) groups excluding carboxylic acids is 2. The monoisotopic (exact) mass is 405 g/mol. The number of carbonyl (C=O) groups is 2. The maximum atomic E-state index is 12.9. The van der Waals surface area contributed by atoms with Crippen molar-refractivity contribution in [2.24, 2.45) is 0 Å². The van der Waals surface area contributed by atoms with E-state index in [1.54, 1.807) is 18.9 Å². The minimum absolute atomic E-state index is 0.0399. The number of benzene rings is 1. The highest BCUT2D eigenvalue weighted by Gasteiger charge is 2.28. The third kappa shape index (κ3) is 5.32. The molecule has 1 unspecified atom stereocenters. The summed E-state index contributed by atoms with van der Waals surface area (Å²) in [6.07, 6.45) is 0.604. The summed E-state index contributed by atoms with van der Waals surface area (Å²) in [5.41, 5.74) is 1.03. The van der Waals surface area contributed by atoms with E-state index in [-0.39, 0.29) is 18.1 Å². The molecule has 2 amide bonds. The summed E-state index contributed by atoms with van der Waals surface area (Å²) in [5.74, 6) is 1.72. The molecule has 1 fully saturated rings. The topological polar surface area (TPSA) is 71.6 Å². The normalized spacial score (nSPS) is 19.8. The van der Waals surface area contributed by atoms with Crippen molar-refractivity contribution in [2.75, 3.05) is 53.0 Å². The summed E-state index contributed by atoms with van der Waals surface area (Å²) in [5, 5.41) is 0. The molecule has 2 aliphatic heterocycles. The van der Waals surface area contributed by atoms with E-state index in [2.05, 4.69) is 11.8 Å². The predicted molar refractivity (Wildman–Crippen MR) is 108 cm³/mol. The van der Waals surface area contributed by atoms with Crippen molar-refractivity contribution in [1.82, 2.24) is 14.7 Å². The fourth-order valence-corrected chi connectivity index (χ4v) is 3.71. The first kappa shape index (κ1) is 21.2. The molecule has 0 bridgehead atoms. The lowest BCUT2D eigenvalue weighted by atomic mass is 10.1. The number of hydrogen-bond acceptors (Lipinski definition) is 6. The Hall–Kier alpha value is -2.48. The van der Waals surface area contributed by atoms with Gasteiger partial charge in [0.05, 0.1) is 20.3 Å². The van der Waals surface area contributed by atoms with Gasteiger partial charge in [0.15, 0.2) is 0 Å². The van der Waals surface area contributed by atoms with E-state index in [9.17, 15) is 9.59 Å². The molecule has 0 radical (unpaired) electrons. The lowest BCUT2D eigenvalue weighted by Gasteiger charge is -2.35. The molecule has 1 aromatic carbocycles. The first-order chi connectivity index (χ1) is 14.0. The number of ether oxygens (including phenoxy) is 3. The van der Waals surface area contributed by atoms with Gasteiger partial charge in [0, 0.05) is 44.8 Å². The van der Waals surface area contributed by atoms with Crippen LogP contribution in [0, 0.1) is 0 Å². The Bertz CT molecular complexity index is 718. The van der Waals surface area contributed by atoms with Crippen LogP contribution < -0.4 is 9.47 Å². The van der Waals surface area contributed by atoms with Gasteiger partial charge in [0.1, 0.15) is 17.6 Å². The Morgan fingerprint density at radius 1 is 1.14 bits per heavy atom. The zero-order valence-electron chi connectivity index (χ0n) is 17.6. The van der Waals surface area contributed by atoms with Gasteiger partial charge in [-0.2, -0.15) is 0 Å². The Labute approximate surface area is 172 Å². The summed E-state index contributed by atoms with van der Waals surface area (Å²) < 4.78 is 16.5. The Kier molecular flexibility index (Phi) is 7.19. The van der Waals surface area contributed by atoms with E-state index in [0.29, 0.717) is 52.4 Å². The summed E-state index contributed by atoms with van der Waals surface area (Å²) in [6.45, 7) is 7.98. The zero-order valence-corrected chi connectivity index (χ0v) is 17.6. The minimum Gasteiger partial charge on any atom is -0.497 e. The number of methoxy groups -OCH3 is 1. The minimum atomic E-state index is -0.305. The van der Waals surface area contributed by atoms with Gasteiger partial charge in [-0.05, 0) is 31.5 Å². The maximum Gasteiger partial charge on any atom is 0.409 e. The molecule has 2 heterocycles. The van der Waals surface area contributed by atoms with E-state index >= 15 is 0 Å². The fraction of sp³-hybridized carbons (Fsp3) is 0.619. The fourth-order valence-electron chi connectivity index (χ4n) is 3.71. The summed E-state index contributed by atoms with van der Waals surface area (Å²) >= 11 is 0. The lowest BCUT2D eigenvalue weighted by molar-refractivity contribution is -0.134. The Morgan fingerprint density at radius 2 is 1.86 bits per heavy atom. The quantitative estimate of drug-likeness (QED) is 0.746. The average molecular weight is 405 g/mol. The highest BCUT2D eigenvalue weighted by Crippen LogP contribution is 2.29. The van der Waals surface area contributed by atoms with Crippen molar-refractivity contribution in [3.63, 3.8) is 0 Å². The van der Waals surface area contributed by atoms with Crippen LogP contribution >= 0.6 is 0 Å². The Balaban J connectivity index is 1.61. The summed E-state index contributed by atoms with van der Waals surface area (Å²) in [4.78, 5) is 30.4. The van der Waals surface area contributed by atoms with Crippen molar-refractivity contribution in [3.8, 4) is 11.5 Å². The average Bonchev–Trinajstić information content (AvgIpc) is 2.91. The molecule has 2 aliphatic rings. The molecule has 8 heteroatoms. The van der Waals surface area contributed by atoms with Gasteiger partial charge in [-0.15, -0.1) is 0 Å². The smallest absolute Gasteiger partial charge is 0.409 e. The van der Waals surface area contributed by atoms with Gasteiger partial charge in [0.2, 0.25) is 5.91 Å². The van der Waals surface area contributed by atoms with E-state index < -0.39 is 0 Å². The first-order valence-electron chi connectivity index (χ1n) is 10.3. The van der Waals surface area contributed by atoms with E-state index in [0.717, 1.165) is 23.5 Å². The standard InChI is InChI=1S/C21H31N3O5/c1-4-17-14-22(13-16-12-18(27-3)6-7-19(16)29-17)15-20(25)23-8-10-24(11-9-23)21(26)28-5-2/h6-7,12,17H,4-5,8-11,13-15H2,1-3H3. The second-order valence-electron chi connectivity index (χ2n) is 7.36. The van der Waals surface area contributed by atoms with Crippen LogP contribution in [0.15, 0.2) is 18.2 Å². The molecular weight excluding hydrogens is 374 g/mol. The van der Waals surface area contributed by atoms with Gasteiger partial charge in [-0.3, -0.25) is 9.69 Å². The third-order valence-electron chi connectivity index (χ3n) is 5.39. The molecule has 0 saturated carbocycles. The van der Waals surface area contributed by atoms with Crippen molar-refractivity contribution >= 4 is 12.0 Å². The second-order valence-corrected chi connectivity index (χ2v) is 7.36. The second kappa shape index (κ2) is 9.82. The van der Waals surface area contributed by atoms with Crippen LogP contribution in [0.2, 0.25) is 0 Å². The molecule has 3 rings (SSSR count). The van der Waals surface area contributed by atoms with Crippen molar-refractivity contribution in [2.45, 2.75) is 32.9 Å². The maximum absolute atomic E-state index is 12.9. The third-order valence-corrected chi connectivity index (χ3v) is 5.39. The van der Waals surface area contributed by atoms with Gasteiger partial charge in [0.25, 0.3) is 0 Å². The van der Waals surface area contributed by atoms with E-state index in [1.807, 2.05) is 23.1 Å². The van der Waals surface area contributed by atoms with Gasteiger partial charge < -0.3 is 24.0 Å². The van der Waals surface area contributed by atoms with Gasteiger partial charge in [-0.1, -0.05) is 6.92 Å². The van der Waals surface area contributed by atoms with Crippen molar-refractivity contribution < 1.29 is 23.8 Å². The number of piperazine rings is 1. The van der Waals surface area contributed by atoms with Gasteiger partial charge in [-0.25, -0.2) is 4.79 Å². The molecule has 0 aromatic heterocycles. The van der Waals surface area contributed by atoms with Crippen molar-refractivity contribution in [3.05, 3.63) is 23.8 Å². The molecule has 1 atom stereocenters. The van der Waals surface area contributed by atoms with Crippen LogP contribution in [0.5, 0.6) is 11.5 Å². The van der Waals surface area contributed by atoms with Gasteiger partial charge >= 0.3 is 6.09 Å². The van der Waals surface area contributed by atoms with Crippen LogP contribution in [0.4, 0.5) is 4.79 Å². The number of fused-ring (bicyclic) bond motifs is 1. The summed E-state index contributed by atoms with van der Waals surface area (Å²) in [7, 11) is 1.64. The molecule has 0 N–H and O–H groups in total. The lowest BCUT2D eigenvalue weighted by Crippen LogP contribution is -2.53. The number of amides is 2. The van der Waals surface area contributed by atoms with Crippen LogP contribution in [-0.4, -0.2) is 85.8 Å². The highest BCUT2D eigenvalue weighted by molar-refractivity contribution is 5.78. The molecule has 29 heavy (non-hydrogen) atoms. The molecule has 1 saturated heterocycles. The van der Waals surface area contributed by atoms with Crippen LogP contribution in [0.3, 0.4) is 0 Å². The number of nitrogens with zero attached hydrogens (tertiary/aromatic N) is 3. The zero-order chi connectivity index (χ0) is 20.8. The summed E-state index contributed by atoms with van der Waals surface area (Å²) in [6, 6.07) is 5.81. The molecular formula is C21H31N3O5. The number of hydrogen-bond donors (Lipinski definition) is 0. The van der Waals surface area contributed by atoms with E-state index in [1.165, 1.54) is 0 Å². The SMILES string of the molecule is CCOC(=O)N1CCN(C(=O)CN2Cc3cc(OC)ccc3OC(CC)C2)CC1. The van der Waals surface area contributed by atoms with Crippen LogP contribution in [0.25, 0.3) is 0 Å².